The van der Waals surface area contributed by atoms with E-state index in [4.69, 9.17) is 5.73 Å². The summed E-state index contributed by atoms with van der Waals surface area (Å²) in [5.41, 5.74) is 6.00. The maximum atomic E-state index is 12.4. The van der Waals surface area contributed by atoms with Crippen LogP contribution in [0.15, 0.2) is 17.8 Å². The monoisotopic (exact) mass is 196 g/mol. The summed E-state index contributed by atoms with van der Waals surface area (Å²) in [5.74, 6) is -0.0821. The molecule has 0 unspecified atom stereocenters. The predicted molar refractivity (Wildman–Crippen MR) is 47.5 cm³/mol. The fourth-order valence-corrected chi connectivity index (χ4v) is 1.38. The minimum atomic E-state index is -0.466. The van der Waals surface area contributed by atoms with Gasteiger partial charge in [-0.2, -0.15) is 0 Å². The van der Waals surface area contributed by atoms with E-state index in [1.807, 2.05) is 0 Å². The van der Waals surface area contributed by atoms with Crippen molar-refractivity contribution in [1.29, 1.82) is 0 Å². The second-order valence-corrected chi connectivity index (χ2v) is 3.19. The summed E-state index contributed by atoms with van der Waals surface area (Å²) in [7, 11) is 0. The van der Waals surface area contributed by atoms with Crippen molar-refractivity contribution in [2.45, 2.75) is 0 Å². The standard InChI is InChI=1S/C7H5FN4S/c8-4-1-10-6(11-2-4)5-3-13-7(9)12-5/h1-3H,(H2,9,12). The van der Waals surface area contributed by atoms with Crippen LogP contribution in [0.3, 0.4) is 0 Å². The van der Waals surface area contributed by atoms with E-state index in [1.165, 1.54) is 11.3 Å². The molecule has 0 aliphatic carbocycles. The second-order valence-electron chi connectivity index (χ2n) is 2.30. The van der Waals surface area contributed by atoms with Crippen LogP contribution in [0.1, 0.15) is 0 Å². The molecule has 0 aromatic carbocycles. The molecule has 0 atom stereocenters. The van der Waals surface area contributed by atoms with Crippen LogP contribution in [0, 0.1) is 5.82 Å². The molecule has 2 aromatic heterocycles. The smallest absolute Gasteiger partial charge is 0.180 e. The van der Waals surface area contributed by atoms with Crippen molar-refractivity contribution in [2.24, 2.45) is 0 Å². The van der Waals surface area contributed by atoms with Gasteiger partial charge in [0.1, 0.15) is 5.69 Å². The lowest BCUT2D eigenvalue weighted by molar-refractivity contribution is 0.614. The molecule has 0 amide bonds. The molecule has 0 spiro atoms. The molecule has 66 valence electrons. The van der Waals surface area contributed by atoms with Gasteiger partial charge in [0.05, 0.1) is 12.4 Å². The number of hydrogen-bond donors (Lipinski definition) is 1. The molecular weight excluding hydrogens is 191 g/mol. The van der Waals surface area contributed by atoms with E-state index >= 15 is 0 Å². The molecule has 13 heavy (non-hydrogen) atoms. The number of thiazole rings is 1. The van der Waals surface area contributed by atoms with E-state index < -0.39 is 5.82 Å². The third-order valence-corrected chi connectivity index (χ3v) is 2.05. The van der Waals surface area contributed by atoms with Crippen LogP contribution in [-0.4, -0.2) is 15.0 Å². The average Bonchev–Trinajstić information content (AvgIpc) is 2.53. The molecule has 0 aliphatic heterocycles. The normalized spacial score (nSPS) is 10.2. The lowest BCUT2D eigenvalue weighted by Crippen LogP contribution is -1.90. The van der Waals surface area contributed by atoms with Crippen LogP contribution in [0.5, 0.6) is 0 Å². The fourth-order valence-electron chi connectivity index (χ4n) is 0.835. The molecule has 2 N–H and O–H groups in total. The summed E-state index contributed by atoms with van der Waals surface area (Å²) in [4.78, 5) is 11.5. The van der Waals surface area contributed by atoms with Gasteiger partial charge < -0.3 is 5.73 Å². The molecule has 0 saturated heterocycles. The summed E-state index contributed by atoms with van der Waals surface area (Å²) in [6.07, 6.45) is 2.19. The molecule has 2 aromatic rings. The number of rotatable bonds is 1. The molecule has 6 heteroatoms. The van der Waals surface area contributed by atoms with Crippen molar-refractivity contribution >= 4 is 16.5 Å². The summed E-state index contributed by atoms with van der Waals surface area (Å²) in [6, 6.07) is 0. The molecular formula is C7H5FN4S. The Morgan fingerprint density at radius 3 is 2.54 bits per heavy atom. The fraction of sp³-hybridized carbons (Fsp3) is 0. The van der Waals surface area contributed by atoms with Crippen LogP contribution < -0.4 is 5.73 Å². The van der Waals surface area contributed by atoms with Crippen molar-refractivity contribution in [2.75, 3.05) is 5.73 Å². The van der Waals surface area contributed by atoms with Gasteiger partial charge in [-0.1, -0.05) is 0 Å². The van der Waals surface area contributed by atoms with Gasteiger partial charge in [0.25, 0.3) is 0 Å². The van der Waals surface area contributed by atoms with Crippen molar-refractivity contribution < 1.29 is 4.39 Å². The summed E-state index contributed by atoms with van der Waals surface area (Å²) >= 11 is 1.30. The number of nitrogens with zero attached hydrogens (tertiary/aromatic N) is 3. The first-order valence-corrected chi connectivity index (χ1v) is 4.32. The highest BCUT2D eigenvalue weighted by Crippen LogP contribution is 2.18. The zero-order chi connectivity index (χ0) is 9.26. The van der Waals surface area contributed by atoms with Crippen molar-refractivity contribution in [3.8, 4) is 11.5 Å². The Bertz CT molecular complexity index is 411. The first kappa shape index (κ1) is 8.06. The van der Waals surface area contributed by atoms with E-state index in [-0.39, 0.29) is 0 Å². The Kier molecular flexibility index (Phi) is 1.90. The molecule has 0 saturated carbocycles. The van der Waals surface area contributed by atoms with Gasteiger partial charge in [0, 0.05) is 5.38 Å². The van der Waals surface area contributed by atoms with Crippen LogP contribution >= 0.6 is 11.3 Å². The van der Waals surface area contributed by atoms with Gasteiger partial charge in [0.15, 0.2) is 16.8 Å². The SMILES string of the molecule is Nc1nc(-c2ncc(F)cn2)cs1. The van der Waals surface area contributed by atoms with Crippen LogP contribution in [0.25, 0.3) is 11.5 Å². The average molecular weight is 196 g/mol. The summed E-state index contributed by atoms with van der Waals surface area (Å²) < 4.78 is 12.4. The van der Waals surface area contributed by atoms with Gasteiger partial charge in [-0.05, 0) is 0 Å². The van der Waals surface area contributed by atoms with Crippen LogP contribution in [-0.2, 0) is 0 Å². The maximum absolute atomic E-state index is 12.4. The first-order chi connectivity index (χ1) is 6.25. The van der Waals surface area contributed by atoms with Gasteiger partial charge in [-0.3, -0.25) is 0 Å². The number of anilines is 1. The zero-order valence-corrected chi connectivity index (χ0v) is 7.25. The molecule has 0 fully saturated rings. The predicted octanol–water partition coefficient (Wildman–Crippen LogP) is 1.32. The Morgan fingerprint density at radius 1 is 1.31 bits per heavy atom. The topological polar surface area (TPSA) is 64.7 Å². The van der Waals surface area contributed by atoms with Gasteiger partial charge in [0.2, 0.25) is 0 Å². The van der Waals surface area contributed by atoms with Crippen LogP contribution in [0.2, 0.25) is 0 Å². The van der Waals surface area contributed by atoms with E-state index in [9.17, 15) is 4.39 Å². The van der Waals surface area contributed by atoms with Crippen molar-refractivity contribution in [3.63, 3.8) is 0 Å². The Labute approximate surface area is 77.3 Å². The van der Waals surface area contributed by atoms with Crippen LogP contribution in [0.4, 0.5) is 9.52 Å². The first-order valence-electron chi connectivity index (χ1n) is 3.44. The second kappa shape index (κ2) is 3.06. The largest absolute Gasteiger partial charge is 0.375 e. The number of nitrogen functional groups attached to an aromatic ring is 1. The van der Waals surface area contributed by atoms with Gasteiger partial charge in [-0.15, -0.1) is 11.3 Å². The van der Waals surface area contributed by atoms with E-state index in [0.29, 0.717) is 16.6 Å². The van der Waals surface area contributed by atoms with E-state index in [1.54, 1.807) is 5.38 Å². The third-order valence-electron chi connectivity index (χ3n) is 1.37. The summed E-state index contributed by atoms with van der Waals surface area (Å²) in [6.45, 7) is 0. The maximum Gasteiger partial charge on any atom is 0.180 e. The van der Waals surface area contributed by atoms with Gasteiger partial charge in [-0.25, -0.2) is 19.3 Å². The number of hydrogen-bond acceptors (Lipinski definition) is 5. The zero-order valence-electron chi connectivity index (χ0n) is 6.44. The highest BCUT2D eigenvalue weighted by Gasteiger charge is 2.04. The van der Waals surface area contributed by atoms with Crippen molar-refractivity contribution in [1.82, 2.24) is 15.0 Å². The third kappa shape index (κ3) is 1.62. The molecule has 4 nitrogen and oxygen atoms in total. The molecule has 2 rings (SSSR count). The quantitative estimate of drug-likeness (QED) is 0.747. The molecule has 2 heterocycles. The number of aromatic nitrogens is 3. The Hall–Kier alpha value is -1.56. The minimum absolute atomic E-state index is 0.384. The lowest BCUT2D eigenvalue weighted by atomic mass is 10.4. The number of nitrogens with two attached hydrogens (primary N) is 1. The van der Waals surface area contributed by atoms with Gasteiger partial charge >= 0.3 is 0 Å². The van der Waals surface area contributed by atoms with E-state index in [2.05, 4.69) is 15.0 Å². The molecule has 0 radical (unpaired) electrons. The minimum Gasteiger partial charge on any atom is -0.375 e. The molecule has 0 aliphatic rings. The van der Waals surface area contributed by atoms with Crippen molar-refractivity contribution in [3.05, 3.63) is 23.6 Å². The van der Waals surface area contributed by atoms with E-state index in [0.717, 1.165) is 12.4 Å². The lowest BCUT2D eigenvalue weighted by Gasteiger charge is -1.92. The highest BCUT2D eigenvalue weighted by atomic mass is 32.1. The highest BCUT2D eigenvalue weighted by molar-refractivity contribution is 7.13. The Balaban J connectivity index is 2.41. The Morgan fingerprint density at radius 2 is 2.00 bits per heavy atom. The summed E-state index contributed by atoms with van der Waals surface area (Å²) in [5, 5.41) is 2.17. The number of halogens is 1. The molecule has 0 bridgehead atoms.